The molecular formula is C17H17N3O2. The second kappa shape index (κ2) is 6.72. The van der Waals surface area contributed by atoms with E-state index in [1.807, 2.05) is 42.5 Å². The number of nitrogens with zero attached hydrogens (tertiary/aromatic N) is 2. The number of carbonyl (C=O) groups is 2. The van der Waals surface area contributed by atoms with Crippen LogP contribution in [0.1, 0.15) is 13.3 Å². The Morgan fingerprint density at radius 1 is 1.23 bits per heavy atom. The van der Waals surface area contributed by atoms with Crippen LogP contribution in [0, 0.1) is 11.3 Å². The molecule has 112 valence electrons. The predicted octanol–water partition coefficient (Wildman–Crippen LogP) is 2.54. The summed E-state index contributed by atoms with van der Waals surface area (Å²) in [6, 6.07) is 14.8. The first kappa shape index (κ1) is 15.5. The van der Waals surface area contributed by atoms with E-state index in [-0.39, 0.29) is 12.5 Å². The van der Waals surface area contributed by atoms with Gasteiger partial charge in [0, 0.05) is 24.2 Å². The molecule has 1 N–H and O–H groups in total. The van der Waals surface area contributed by atoms with Crippen LogP contribution in [0.15, 0.2) is 42.5 Å². The van der Waals surface area contributed by atoms with Gasteiger partial charge in [-0.15, -0.1) is 0 Å². The molecule has 2 aromatic rings. The Balaban J connectivity index is 2.17. The summed E-state index contributed by atoms with van der Waals surface area (Å²) in [6.07, 6.45) is 0.184. The van der Waals surface area contributed by atoms with Crippen LogP contribution in [0.2, 0.25) is 0 Å². The maximum absolute atomic E-state index is 12.1. The number of nitrogens with one attached hydrogen (secondary N) is 1. The summed E-state index contributed by atoms with van der Waals surface area (Å²) in [6.45, 7) is 1.73. The minimum Gasteiger partial charge on any atom is -0.334 e. The van der Waals surface area contributed by atoms with Gasteiger partial charge in [-0.2, -0.15) is 5.26 Å². The fourth-order valence-corrected chi connectivity index (χ4v) is 2.14. The van der Waals surface area contributed by atoms with E-state index < -0.39 is 11.8 Å². The predicted molar refractivity (Wildman–Crippen MR) is 85.0 cm³/mol. The Hall–Kier alpha value is -2.87. The van der Waals surface area contributed by atoms with Crippen LogP contribution in [0.4, 0.5) is 5.69 Å². The molecule has 0 unspecified atom stereocenters. The Kier molecular flexibility index (Phi) is 4.74. The smallest absolute Gasteiger partial charge is 0.313 e. The first-order valence-electron chi connectivity index (χ1n) is 6.97. The molecule has 0 saturated heterocycles. The number of amides is 2. The molecular weight excluding hydrogens is 278 g/mol. The third-order valence-electron chi connectivity index (χ3n) is 3.60. The van der Waals surface area contributed by atoms with Gasteiger partial charge in [0.25, 0.3) is 0 Å². The van der Waals surface area contributed by atoms with Crippen molar-refractivity contribution >= 4 is 28.3 Å². The number of nitriles is 1. The fourth-order valence-electron chi connectivity index (χ4n) is 2.14. The summed E-state index contributed by atoms with van der Waals surface area (Å²) in [4.78, 5) is 25.5. The SMILES string of the molecule is C[C@@H](CC#N)N(C)C(=O)C(=O)Nc1cccc2ccccc12. The molecule has 0 aromatic heterocycles. The standard InChI is InChI=1S/C17H17N3O2/c1-12(10-11-18)20(2)17(22)16(21)19-15-9-5-7-13-6-3-4-8-14(13)15/h3-9,12H,10H2,1-2H3,(H,19,21)/t12-/m0/s1. The van der Waals surface area contributed by atoms with Crippen molar-refractivity contribution in [3.05, 3.63) is 42.5 Å². The van der Waals surface area contributed by atoms with Crippen molar-refractivity contribution in [3.63, 3.8) is 0 Å². The molecule has 0 radical (unpaired) electrons. The zero-order chi connectivity index (χ0) is 16.1. The Morgan fingerprint density at radius 2 is 1.91 bits per heavy atom. The molecule has 0 spiro atoms. The number of hydrogen-bond acceptors (Lipinski definition) is 3. The van der Waals surface area contributed by atoms with Crippen molar-refractivity contribution in [1.29, 1.82) is 5.26 Å². The number of benzene rings is 2. The number of carbonyl (C=O) groups excluding carboxylic acids is 2. The minimum atomic E-state index is -0.705. The summed E-state index contributed by atoms with van der Waals surface area (Å²) < 4.78 is 0. The normalized spacial score (nSPS) is 11.5. The van der Waals surface area contributed by atoms with Gasteiger partial charge in [0.15, 0.2) is 0 Å². The quantitative estimate of drug-likeness (QED) is 0.884. The summed E-state index contributed by atoms with van der Waals surface area (Å²) >= 11 is 0. The monoisotopic (exact) mass is 295 g/mol. The van der Waals surface area contributed by atoms with E-state index >= 15 is 0 Å². The topological polar surface area (TPSA) is 73.2 Å². The van der Waals surface area contributed by atoms with Gasteiger partial charge in [0.05, 0.1) is 12.5 Å². The molecule has 22 heavy (non-hydrogen) atoms. The summed E-state index contributed by atoms with van der Waals surface area (Å²) in [7, 11) is 1.52. The van der Waals surface area contributed by atoms with Crippen LogP contribution in [0.25, 0.3) is 10.8 Å². The van der Waals surface area contributed by atoms with Gasteiger partial charge in [-0.1, -0.05) is 36.4 Å². The van der Waals surface area contributed by atoms with Crippen LogP contribution in [-0.2, 0) is 9.59 Å². The fraction of sp³-hybridized carbons (Fsp3) is 0.235. The van der Waals surface area contributed by atoms with E-state index in [2.05, 4.69) is 5.32 Å². The highest BCUT2D eigenvalue weighted by Gasteiger charge is 2.23. The van der Waals surface area contributed by atoms with Crippen molar-refractivity contribution in [2.45, 2.75) is 19.4 Å². The zero-order valence-electron chi connectivity index (χ0n) is 12.5. The van der Waals surface area contributed by atoms with Gasteiger partial charge in [-0.05, 0) is 18.4 Å². The third kappa shape index (κ3) is 3.23. The van der Waals surface area contributed by atoms with E-state index in [0.717, 1.165) is 10.8 Å². The van der Waals surface area contributed by atoms with Crippen molar-refractivity contribution in [3.8, 4) is 6.07 Å². The third-order valence-corrected chi connectivity index (χ3v) is 3.60. The molecule has 0 aliphatic carbocycles. The lowest BCUT2D eigenvalue weighted by molar-refractivity contribution is -0.143. The van der Waals surface area contributed by atoms with E-state index in [9.17, 15) is 9.59 Å². The van der Waals surface area contributed by atoms with Gasteiger partial charge in [-0.25, -0.2) is 0 Å². The molecule has 0 heterocycles. The number of likely N-dealkylation sites (N-methyl/N-ethyl adjacent to an activating group) is 1. The maximum Gasteiger partial charge on any atom is 0.313 e. The molecule has 0 fully saturated rings. The number of fused-ring (bicyclic) bond motifs is 1. The molecule has 0 aliphatic heterocycles. The van der Waals surface area contributed by atoms with E-state index in [0.29, 0.717) is 5.69 Å². The number of hydrogen-bond donors (Lipinski definition) is 1. The highest BCUT2D eigenvalue weighted by Crippen LogP contribution is 2.22. The van der Waals surface area contributed by atoms with Crippen molar-refractivity contribution in [2.24, 2.45) is 0 Å². The Bertz CT molecular complexity index is 744. The molecule has 5 heteroatoms. The van der Waals surface area contributed by atoms with Gasteiger partial charge in [-0.3, -0.25) is 9.59 Å². The first-order chi connectivity index (χ1) is 10.5. The van der Waals surface area contributed by atoms with E-state index in [4.69, 9.17) is 5.26 Å². The second-order valence-electron chi connectivity index (χ2n) is 5.11. The summed E-state index contributed by atoms with van der Waals surface area (Å²) in [5, 5.41) is 13.2. The van der Waals surface area contributed by atoms with Crippen molar-refractivity contribution in [2.75, 3.05) is 12.4 Å². The second-order valence-corrected chi connectivity index (χ2v) is 5.11. The van der Waals surface area contributed by atoms with Crippen LogP contribution in [0.3, 0.4) is 0 Å². The summed E-state index contributed by atoms with van der Waals surface area (Å²) in [5.41, 5.74) is 0.595. The molecule has 2 rings (SSSR count). The van der Waals surface area contributed by atoms with Crippen molar-refractivity contribution in [1.82, 2.24) is 4.90 Å². The molecule has 5 nitrogen and oxygen atoms in total. The largest absolute Gasteiger partial charge is 0.334 e. The van der Waals surface area contributed by atoms with E-state index in [1.165, 1.54) is 11.9 Å². The Morgan fingerprint density at radius 3 is 2.64 bits per heavy atom. The van der Waals surface area contributed by atoms with Gasteiger partial charge in [0.1, 0.15) is 0 Å². The molecule has 0 bridgehead atoms. The first-order valence-corrected chi connectivity index (χ1v) is 6.97. The number of rotatable bonds is 3. The Labute approximate surface area is 129 Å². The molecule has 2 aromatic carbocycles. The van der Waals surface area contributed by atoms with Crippen LogP contribution in [0.5, 0.6) is 0 Å². The van der Waals surface area contributed by atoms with Crippen molar-refractivity contribution < 1.29 is 9.59 Å². The molecule has 2 amide bonds. The number of anilines is 1. The lowest BCUT2D eigenvalue weighted by atomic mass is 10.1. The maximum atomic E-state index is 12.1. The van der Waals surface area contributed by atoms with Gasteiger partial charge >= 0.3 is 11.8 Å². The highest BCUT2D eigenvalue weighted by atomic mass is 16.2. The highest BCUT2D eigenvalue weighted by molar-refractivity contribution is 6.40. The van der Waals surface area contributed by atoms with E-state index in [1.54, 1.807) is 13.0 Å². The molecule has 1 atom stereocenters. The minimum absolute atomic E-state index is 0.184. The summed E-state index contributed by atoms with van der Waals surface area (Å²) in [5.74, 6) is -1.36. The zero-order valence-corrected chi connectivity index (χ0v) is 12.5. The lowest BCUT2D eigenvalue weighted by Gasteiger charge is -2.22. The lowest BCUT2D eigenvalue weighted by Crippen LogP contribution is -2.42. The van der Waals surface area contributed by atoms with Crippen LogP contribution < -0.4 is 5.32 Å². The van der Waals surface area contributed by atoms with Crippen LogP contribution in [-0.4, -0.2) is 29.8 Å². The molecule has 0 aliphatic rings. The van der Waals surface area contributed by atoms with Gasteiger partial charge in [0.2, 0.25) is 0 Å². The van der Waals surface area contributed by atoms with Gasteiger partial charge < -0.3 is 10.2 Å². The molecule has 0 saturated carbocycles. The average Bonchev–Trinajstić information content (AvgIpc) is 2.54. The average molecular weight is 295 g/mol. The van der Waals surface area contributed by atoms with Crippen LogP contribution >= 0.6 is 0 Å².